The van der Waals surface area contributed by atoms with Crippen LogP contribution in [0.4, 0.5) is 0 Å². The Labute approximate surface area is 123 Å². The fraction of sp³-hybridized carbons (Fsp3) is 0.500. The van der Waals surface area contributed by atoms with E-state index in [4.69, 9.17) is 0 Å². The lowest BCUT2D eigenvalue weighted by atomic mass is 10.4. The Morgan fingerprint density at radius 3 is 2.86 bits per heavy atom. The van der Waals surface area contributed by atoms with Gasteiger partial charge in [0.2, 0.25) is 0 Å². The van der Waals surface area contributed by atoms with Crippen LogP contribution in [-0.2, 0) is 16.6 Å². The number of nitrogens with zero attached hydrogens (tertiary/aromatic N) is 4. The van der Waals surface area contributed by atoms with Gasteiger partial charge in [-0.3, -0.25) is 4.40 Å². The van der Waals surface area contributed by atoms with Crippen LogP contribution in [0, 0.1) is 0 Å². The van der Waals surface area contributed by atoms with E-state index in [-0.39, 0.29) is 0 Å². The van der Waals surface area contributed by atoms with Crippen molar-refractivity contribution in [3.8, 4) is 0 Å². The zero-order valence-electron chi connectivity index (χ0n) is 11.6. The third-order valence-corrected chi connectivity index (χ3v) is 5.05. The SMILES string of the molecule is O=S(=O)(NCCc1nnc2ccccn12)N1CCNCC1. The van der Waals surface area contributed by atoms with Crippen LogP contribution in [0.2, 0.25) is 0 Å². The van der Waals surface area contributed by atoms with E-state index in [9.17, 15) is 8.42 Å². The van der Waals surface area contributed by atoms with Crippen molar-refractivity contribution in [1.82, 2.24) is 28.9 Å². The van der Waals surface area contributed by atoms with Gasteiger partial charge in [-0.25, -0.2) is 4.72 Å². The molecule has 9 heteroatoms. The quantitative estimate of drug-likeness (QED) is 0.740. The second-order valence-electron chi connectivity index (χ2n) is 4.84. The number of hydrogen-bond donors (Lipinski definition) is 2. The van der Waals surface area contributed by atoms with Gasteiger partial charge in [-0.2, -0.15) is 12.7 Å². The van der Waals surface area contributed by atoms with Gasteiger partial charge in [-0.15, -0.1) is 10.2 Å². The summed E-state index contributed by atoms with van der Waals surface area (Å²) in [5.41, 5.74) is 0.762. The van der Waals surface area contributed by atoms with E-state index in [0.717, 1.165) is 11.5 Å². The molecule has 1 fully saturated rings. The molecule has 2 aromatic rings. The van der Waals surface area contributed by atoms with Gasteiger partial charge in [0.1, 0.15) is 5.82 Å². The van der Waals surface area contributed by atoms with Crippen LogP contribution in [0.15, 0.2) is 24.4 Å². The molecule has 1 saturated heterocycles. The maximum Gasteiger partial charge on any atom is 0.279 e. The third-order valence-electron chi connectivity index (χ3n) is 3.43. The van der Waals surface area contributed by atoms with Crippen LogP contribution >= 0.6 is 0 Å². The maximum atomic E-state index is 12.1. The Hall–Kier alpha value is -1.55. The predicted octanol–water partition coefficient (Wildman–Crippen LogP) is -0.989. The minimum atomic E-state index is -3.40. The molecule has 0 radical (unpaired) electrons. The van der Waals surface area contributed by atoms with E-state index >= 15 is 0 Å². The number of hydrogen-bond acceptors (Lipinski definition) is 5. The monoisotopic (exact) mass is 310 g/mol. The summed E-state index contributed by atoms with van der Waals surface area (Å²) in [6.07, 6.45) is 2.37. The van der Waals surface area contributed by atoms with Crippen molar-refractivity contribution in [2.75, 3.05) is 32.7 Å². The highest BCUT2D eigenvalue weighted by molar-refractivity contribution is 7.87. The Morgan fingerprint density at radius 1 is 1.24 bits per heavy atom. The lowest BCUT2D eigenvalue weighted by Gasteiger charge is -2.26. The van der Waals surface area contributed by atoms with Crippen LogP contribution in [0.1, 0.15) is 5.82 Å². The van der Waals surface area contributed by atoms with Gasteiger partial charge in [0, 0.05) is 45.3 Å². The number of rotatable bonds is 5. The summed E-state index contributed by atoms with van der Waals surface area (Å²) >= 11 is 0. The molecule has 2 N–H and O–H groups in total. The first-order valence-electron chi connectivity index (χ1n) is 6.91. The lowest BCUT2D eigenvalue weighted by Crippen LogP contribution is -2.50. The second kappa shape index (κ2) is 6.06. The average molecular weight is 310 g/mol. The molecule has 0 amide bonds. The molecule has 0 aliphatic carbocycles. The van der Waals surface area contributed by atoms with E-state index in [1.807, 2.05) is 28.8 Å². The molecule has 0 bridgehead atoms. The highest BCUT2D eigenvalue weighted by Gasteiger charge is 2.23. The van der Waals surface area contributed by atoms with Gasteiger partial charge in [-0.1, -0.05) is 6.07 Å². The molecule has 0 unspecified atom stereocenters. The standard InChI is InChI=1S/C12H18N6O2S/c19-21(20,17-9-6-13-7-10-17)14-5-4-12-16-15-11-3-1-2-8-18(11)12/h1-3,8,13-14H,4-7,9-10H2. The van der Waals surface area contributed by atoms with Gasteiger partial charge in [0.05, 0.1) is 0 Å². The van der Waals surface area contributed by atoms with Gasteiger partial charge < -0.3 is 5.32 Å². The van der Waals surface area contributed by atoms with E-state index in [2.05, 4.69) is 20.2 Å². The smallest absolute Gasteiger partial charge is 0.279 e. The number of aromatic nitrogens is 3. The highest BCUT2D eigenvalue weighted by atomic mass is 32.2. The normalized spacial score (nSPS) is 17.3. The first-order valence-corrected chi connectivity index (χ1v) is 8.35. The predicted molar refractivity (Wildman–Crippen MR) is 78.1 cm³/mol. The molecule has 1 aliphatic rings. The fourth-order valence-corrected chi connectivity index (χ4v) is 3.54. The summed E-state index contributed by atoms with van der Waals surface area (Å²) in [4.78, 5) is 0. The van der Waals surface area contributed by atoms with Crippen molar-refractivity contribution in [3.05, 3.63) is 30.2 Å². The molecule has 3 heterocycles. The lowest BCUT2D eigenvalue weighted by molar-refractivity contribution is 0.355. The minimum Gasteiger partial charge on any atom is -0.314 e. The molecule has 0 saturated carbocycles. The van der Waals surface area contributed by atoms with Crippen LogP contribution in [0.5, 0.6) is 0 Å². The average Bonchev–Trinajstić information content (AvgIpc) is 2.92. The number of nitrogens with one attached hydrogen (secondary N) is 2. The van der Waals surface area contributed by atoms with Crippen molar-refractivity contribution >= 4 is 15.9 Å². The van der Waals surface area contributed by atoms with Crippen LogP contribution < -0.4 is 10.0 Å². The largest absolute Gasteiger partial charge is 0.314 e. The molecule has 21 heavy (non-hydrogen) atoms. The molecular formula is C12H18N6O2S. The topological polar surface area (TPSA) is 91.6 Å². The molecular weight excluding hydrogens is 292 g/mol. The van der Waals surface area contributed by atoms with Gasteiger partial charge in [0.25, 0.3) is 10.2 Å². The molecule has 8 nitrogen and oxygen atoms in total. The van der Waals surface area contributed by atoms with Crippen molar-refractivity contribution in [2.45, 2.75) is 6.42 Å². The summed E-state index contributed by atoms with van der Waals surface area (Å²) < 4.78 is 30.2. The van der Waals surface area contributed by atoms with E-state index in [1.54, 1.807) is 0 Å². The second-order valence-corrected chi connectivity index (χ2v) is 6.60. The van der Waals surface area contributed by atoms with Gasteiger partial charge >= 0.3 is 0 Å². The molecule has 0 aromatic carbocycles. The van der Waals surface area contributed by atoms with Crippen molar-refractivity contribution in [2.24, 2.45) is 0 Å². The first-order chi connectivity index (χ1) is 10.2. The highest BCUT2D eigenvalue weighted by Crippen LogP contribution is 2.04. The number of fused-ring (bicyclic) bond motifs is 1. The number of piperazine rings is 1. The summed E-state index contributed by atoms with van der Waals surface area (Å²) in [7, 11) is -3.40. The van der Waals surface area contributed by atoms with E-state index in [0.29, 0.717) is 39.1 Å². The summed E-state index contributed by atoms with van der Waals surface area (Å²) in [5.74, 6) is 0.744. The minimum absolute atomic E-state index is 0.307. The van der Waals surface area contributed by atoms with E-state index < -0.39 is 10.2 Å². The third kappa shape index (κ3) is 3.21. The Balaban J connectivity index is 1.60. The fourth-order valence-electron chi connectivity index (χ4n) is 2.33. The Morgan fingerprint density at radius 2 is 2.05 bits per heavy atom. The van der Waals surface area contributed by atoms with Crippen molar-refractivity contribution in [3.63, 3.8) is 0 Å². The Kier molecular flexibility index (Phi) is 4.15. The van der Waals surface area contributed by atoms with Gasteiger partial charge in [0.15, 0.2) is 5.65 Å². The molecule has 2 aromatic heterocycles. The van der Waals surface area contributed by atoms with Crippen LogP contribution in [-0.4, -0.2) is 60.0 Å². The molecule has 0 spiro atoms. The van der Waals surface area contributed by atoms with Crippen LogP contribution in [0.25, 0.3) is 5.65 Å². The summed E-state index contributed by atoms with van der Waals surface area (Å²) in [5, 5.41) is 11.3. The van der Waals surface area contributed by atoms with Crippen molar-refractivity contribution in [1.29, 1.82) is 0 Å². The first kappa shape index (κ1) is 14.4. The maximum absolute atomic E-state index is 12.1. The van der Waals surface area contributed by atoms with Crippen LogP contribution in [0.3, 0.4) is 0 Å². The molecule has 3 rings (SSSR count). The number of pyridine rings is 1. The molecule has 0 atom stereocenters. The van der Waals surface area contributed by atoms with E-state index in [1.165, 1.54) is 4.31 Å². The van der Waals surface area contributed by atoms with Crippen molar-refractivity contribution < 1.29 is 8.42 Å². The zero-order valence-corrected chi connectivity index (χ0v) is 12.4. The zero-order chi connectivity index (χ0) is 14.7. The summed E-state index contributed by atoms with van der Waals surface area (Å²) in [6, 6.07) is 5.65. The van der Waals surface area contributed by atoms with Gasteiger partial charge in [-0.05, 0) is 12.1 Å². The summed E-state index contributed by atoms with van der Waals surface area (Å²) in [6.45, 7) is 2.69. The molecule has 114 valence electrons. The Bertz CT molecular complexity index is 707. The molecule has 1 aliphatic heterocycles.